The van der Waals surface area contributed by atoms with E-state index in [9.17, 15) is 5.26 Å². The smallest absolute Gasteiger partial charge is 0.242 e. The number of hydrogen-bond donors (Lipinski definition) is 1. The maximum Gasteiger partial charge on any atom is 0.242 e. The number of benzene rings is 2. The van der Waals surface area contributed by atoms with Gasteiger partial charge in [-0.2, -0.15) is 5.26 Å². The summed E-state index contributed by atoms with van der Waals surface area (Å²) in [5, 5.41) is 9.38. The molecule has 0 fully saturated rings. The molecular weight excluding hydrogens is 328 g/mol. The van der Waals surface area contributed by atoms with Crippen LogP contribution in [-0.4, -0.2) is 26.7 Å². The van der Waals surface area contributed by atoms with E-state index in [1.54, 1.807) is 18.1 Å². The summed E-state index contributed by atoms with van der Waals surface area (Å²) >= 11 is 0. The first kappa shape index (κ1) is 15.6. The Labute approximate surface area is 149 Å². The van der Waals surface area contributed by atoms with Crippen molar-refractivity contribution >= 4 is 17.0 Å². The quantitative estimate of drug-likeness (QED) is 0.612. The van der Waals surface area contributed by atoms with Gasteiger partial charge in [0.1, 0.15) is 18.1 Å². The predicted octanol–water partition coefficient (Wildman–Crippen LogP) is 3.25. The minimum absolute atomic E-state index is 0.373. The van der Waals surface area contributed by atoms with E-state index in [0.717, 1.165) is 22.3 Å². The molecule has 2 heterocycles. The molecule has 0 aliphatic carbocycles. The molecule has 0 bridgehead atoms. The maximum absolute atomic E-state index is 9.38. The second-order valence-corrected chi connectivity index (χ2v) is 5.51. The average Bonchev–Trinajstić information content (AvgIpc) is 3.11. The Morgan fingerprint density at radius 1 is 1.08 bits per heavy atom. The first-order valence-corrected chi connectivity index (χ1v) is 7.89. The highest BCUT2D eigenvalue weighted by Crippen LogP contribution is 2.24. The molecule has 7 nitrogen and oxygen atoms in total. The largest absolute Gasteiger partial charge is 0.497 e. The molecule has 1 N–H and O–H groups in total. The third-order valence-electron chi connectivity index (χ3n) is 3.95. The lowest BCUT2D eigenvalue weighted by atomic mass is 10.1. The van der Waals surface area contributed by atoms with Crippen LogP contribution in [0, 0.1) is 11.3 Å². The Balaban J connectivity index is 1.73. The van der Waals surface area contributed by atoms with Crippen LogP contribution in [0.2, 0.25) is 0 Å². The van der Waals surface area contributed by atoms with Crippen LogP contribution < -0.4 is 10.2 Å². The Hall–Kier alpha value is -3.92. The fourth-order valence-electron chi connectivity index (χ4n) is 2.64. The number of rotatable bonds is 4. The van der Waals surface area contributed by atoms with Crippen molar-refractivity contribution in [3.63, 3.8) is 0 Å². The Kier molecular flexibility index (Phi) is 3.92. The molecule has 0 spiro atoms. The van der Waals surface area contributed by atoms with Gasteiger partial charge in [-0.25, -0.2) is 19.6 Å². The summed E-state index contributed by atoms with van der Waals surface area (Å²) in [6, 6.07) is 17.3. The van der Waals surface area contributed by atoms with Crippen molar-refractivity contribution < 1.29 is 4.74 Å². The molecule has 0 aliphatic rings. The predicted molar refractivity (Wildman–Crippen MR) is 97.5 cm³/mol. The Bertz CT molecular complexity index is 1110. The van der Waals surface area contributed by atoms with Gasteiger partial charge in [-0.05, 0) is 36.4 Å². The molecule has 0 radical (unpaired) electrons. The molecule has 4 rings (SSSR count). The summed E-state index contributed by atoms with van der Waals surface area (Å²) in [5.74, 6) is 1.11. The van der Waals surface area contributed by atoms with Crippen LogP contribution in [0.4, 0.5) is 5.95 Å². The monoisotopic (exact) mass is 342 g/mol. The fraction of sp³-hybridized carbons (Fsp3) is 0.0526. The lowest BCUT2D eigenvalue weighted by molar-refractivity contribution is 0.415. The maximum atomic E-state index is 9.38. The van der Waals surface area contributed by atoms with E-state index in [4.69, 9.17) is 4.74 Å². The van der Waals surface area contributed by atoms with Crippen molar-refractivity contribution in [1.82, 2.24) is 19.6 Å². The minimum Gasteiger partial charge on any atom is -0.497 e. The second kappa shape index (κ2) is 6.53. The molecule has 4 aromatic rings. The van der Waals surface area contributed by atoms with Crippen LogP contribution in [0.5, 0.6) is 5.75 Å². The first-order valence-electron chi connectivity index (χ1n) is 7.89. The third-order valence-corrected chi connectivity index (χ3v) is 3.95. The van der Waals surface area contributed by atoms with Crippen molar-refractivity contribution in [2.24, 2.45) is 0 Å². The van der Waals surface area contributed by atoms with Crippen LogP contribution in [-0.2, 0) is 0 Å². The molecule has 0 unspecified atom stereocenters. The molecule has 7 heteroatoms. The number of nitriles is 1. The van der Waals surface area contributed by atoms with Gasteiger partial charge in [0.2, 0.25) is 5.95 Å². The van der Waals surface area contributed by atoms with E-state index < -0.39 is 0 Å². The van der Waals surface area contributed by atoms with E-state index in [1.165, 1.54) is 6.20 Å². The molecule has 2 aromatic carbocycles. The van der Waals surface area contributed by atoms with E-state index in [1.807, 2.05) is 48.5 Å². The van der Waals surface area contributed by atoms with Gasteiger partial charge in [0.15, 0.2) is 0 Å². The minimum atomic E-state index is 0.373. The number of imidazole rings is 1. The number of aromatic nitrogens is 4. The molecule has 0 saturated heterocycles. The summed E-state index contributed by atoms with van der Waals surface area (Å²) < 4.78 is 6.92. The number of fused-ring (bicyclic) bond motifs is 1. The van der Waals surface area contributed by atoms with E-state index in [2.05, 4.69) is 26.4 Å². The molecule has 0 amide bonds. The topological polar surface area (TPSA) is 88.7 Å². The highest BCUT2D eigenvalue weighted by molar-refractivity contribution is 5.75. The summed E-state index contributed by atoms with van der Waals surface area (Å²) in [7, 11) is 1.61. The zero-order chi connectivity index (χ0) is 17.9. The Morgan fingerprint density at radius 3 is 2.65 bits per heavy atom. The Morgan fingerprint density at radius 2 is 1.88 bits per heavy atom. The molecular formula is C19H14N6O. The standard InChI is InChI=1S/C19H14N6O/c1-26-15-8-6-13(7-9-15)18-14(10-20)11-21-19(23-18)24-25-12-22-16-4-2-3-5-17(16)25/h2-9,11-12H,1H3,(H,21,23,24). The van der Waals surface area contributed by atoms with Crippen LogP contribution in [0.25, 0.3) is 22.3 Å². The van der Waals surface area contributed by atoms with Crippen LogP contribution >= 0.6 is 0 Å². The highest BCUT2D eigenvalue weighted by Gasteiger charge is 2.11. The van der Waals surface area contributed by atoms with Crippen LogP contribution in [0.3, 0.4) is 0 Å². The van der Waals surface area contributed by atoms with Crippen molar-refractivity contribution in [2.75, 3.05) is 12.5 Å². The number of ether oxygens (including phenoxy) is 1. The van der Waals surface area contributed by atoms with Crippen molar-refractivity contribution in [3.05, 3.63) is 66.6 Å². The summed E-state index contributed by atoms with van der Waals surface area (Å²) in [4.78, 5) is 13.1. The van der Waals surface area contributed by atoms with Gasteiger partial charge < -0.3 is 4.74 Å². The van der Waals surface area contributed by atoms with Gasteiger partial charge in [-0.15, -0.1) is 0 Å². The SMILES string of the molecule is COc1ccc(-c2nc(Nn3cnc4ccccc43)ncc2C#N)cc1. The summed E-state index contributed by atoms with van der Waals surface area (Å²) in [6.45, 7) is 0. The number of anilines is 1. The number of nitrogens with one attached hydrogen (secondary N) is 1. The zero-order valence-electron chi connectivity index (χ0n) is 13.9. The lowest BCUT2D eigenvalue weighted by Gasteiger charge is -2.10. The van der Waals surface area contributed by atoms with Crippen molar-refractivity contribution in [2.45, 2.75) is 0 Å². The van der Waals surface area contributed by atoms with Crippen LogP contribution in [0.15, 0.2) is 61.1 Å². The normalized spacial score (nSPS) is 10.5. The number of para-hydroxylation sites is 2. The van der Waals surface area contributed by atoms with Gasteiger partial charge in [-0.1, -0.05) is 12.1 Å². The second-order valence-electron chi connectivity index (χ2n) is 5.51. The number of methoxy groups -OCH3 is 1. The van der Waals surface area contributed by atoms with Gasteiger partial charge in [0.25, 0.3) is 0 Å². The molecule has 26 heavy (non-hydrogen) atoms. The summed E-state index contributed by atoms with van der Waals surface area (Å²) in [6.07, 6.45) is 3.17. The van der Waals surface area contributed by atoms with Crippen molar-refractivity contribution in [1.29, 1.82) is 5.26 Å². The van der Waals surface area contributed by atoms with Gasteiger partial charge in [0.05, 0.1) is 35.6 Å². The van der Waals surface area contributed by atoms with Crippen LogP contribution in [0.1, 0.15) is 5.56 Å². The number of nitrogens with zero attached hydrogens (tertiary/aromatic N) is 5. The third kappa shape index (κ3) is 2.80. The van der Waals surface area contributed by atoms with Crippen molar-refractivity contribution in [3.8, 4) is 23.1 Å². The van der Waals surface area contributed by atoms with E-state index >= 15 is 0 Å². The first-order chi connectivity index (χ1) is 12.8. The highest BCUT2D eigenvalue weighted by atomic mass is 16.5. The van der Waals surface area contributed by atoms with Gasteiger partial charge >= 0.3 is 0 Å². The molecule has 0 atom stereocenters. The van der Waals surface area contributed by atoms with Gasteiger partial charge in [-0.3, -0.25) is 5.43 Å². The fourth-order valence-corrected chi connectivity index (χ4v) is 2.64. The average molecular weight is 342 g/mol. The molecule has 126 valence electrons. The number of hydrogen-bond acceptors (Lipinski definition) is 6. The summed E-state index contributed by atoms with van der Waals surface area (Å²) in [5.41, 5.74) is 6.64. The van der Waals surface area contributed by atoms with E-state index in [0.29, 0.717) is 17.2 Å². The molecule has 0 aliphatic heterocycles. The van der Waals surface area contributed by atoms with E-state index in [-0.39, 0.29) is 0 Å². The zero-order valence-corrected chi connectivity index (χ0v) is 13.9. The molecule has 0 saturated carbocycles. The molecule has 2 aromatic heterocycles. The lowest BCUT2D eigenvalue weighted by Crippen LogP contribution is -2.11. The van der Waals surface area contributed by atoms with Gasteiger partial charge in [0, 0.05) is 5.56 Å².